The second-order valence-corrected chi connectivity index (χ2v) is 2.11. The van der Waals surface area contributed by atoms with E-state index in [-0.39, 0.29) is 12.7 Å². The van der Waals surface area contributed by atoms with Gasteiger partial charge in [0, 0.05) is 0 Å². The Labute approximate surface area is 59.4 Å². The molecule has 1 unspecified atom stereocenters. The van der Waals surface area contributed by atoms with Crippen molar-refractivity contribution in [1.29, 1.82) is 0 Å². The summed E-state index contributed by atoms with van der Waals surface area (Å²) in [6.07, 6.45) is -0.486. The average molecular weight is 148 g/mol. The molecule has 2 N–H and O–H groups in total. The lowest BCUT2D eigenvalue weighted by Crippen LogP contribution is -2.05. The van der Waals surface area contributed by atoms with E-state index >= 15 is 0 Å². The SMILES string of the molecule is CC(O)CCCOC(=O)O. The van der Waals surface area contributed by atoms with Crippen LogP contribution in [0.25, 0.3) is 0 Å². The smallest absolute Gasteiger partial charge is 0.450 e. The largest absolute Gasteiger partial charge is 0.505 e. The van der Waals surface area contributed by atoms with Gasteiger partial charge in [-0.15, -0.1) is 0 Å². The van der Waals surface area contributed by atoms with Gasteiger partial charge in [0.1, 0.15) is 0 Å². The first kappa shape index (κ1) is 9.23. The molecular weight excluding hydrogens is 136 g/mol. The molecule has 0 fully saturated rings. The first-order valence-corrected chi connectivity index (χ1v) is 3.16. The lowest BCUT2D eigenvalue weighted by Gasteiger charge is -2.02. The summed E-state index contributed by atoms with van der Waals surface area (Å²) in [7, 11) is 0. The third-order valence-corrected chi connectivity index (χ3v) is 0.992. The fourth-order valence-corrected chi connectivity index (χ4v) is 0.538. The maximum absolute atomic E-state index is 9.76. The van der Waals surface area contributed by atoms with Crippen LogP contribution in [0.5, 0.6) is 0 Å². The number of carbonyl (C=O) groups is 1. The van der Waals surface area contributed by atoms with Crippen LogP contribution >= 0.6 is 0 Å². The van der Waals surface area contributed by atoms with E-state index in [1.807, 2.05) is 0 Å². The Bertz CT molecular complexity index is 99.9. The predicted octanol–water partition coefficient (Wildman–Crippen LogP) is 0.842. The van der Waals surface area contributed by atoms with Crippen LogP contribution in [-0.4, -0.2) is 29.1 Å². The van der Waals surface area contributed by atoms with E-state index in [0.717, 1.165) is 0 Å². The molecule has 0 heterocycles. The molecule has 0 amide bonds. The molecule has 60 valence electrons. The Morgan fingerprint density at radius 3 is 2.70 bits per heavy atom. The summed E-state index contributed by atoms with van der Waals surface area (Å²) in [5.41, 5.74) is 0. The zero-order valence-electron chi connectivity index (χ0n) is 5.91. The minimum absolute atomic E-state index is 0.167. The summed E-state index contributed by atoms with van der Waals surface area (Å²) < 4.78 is 4.20. The molecule has 0 aromatic rings. The molecule has 0 aliphatic heterocycles. The van der Waals surface area contributed by atoms with Gasteiger partial charge < -0.3 is 14.9 Å². The zero-order chi connectivity index (χ0) is 7.98. The fraction of sp³-hybridized carbons (Fsp3) is 0.833. The van der Waals surface area contributed by atoms with Crippen LogP contribution in [-0.2, 0) is 4.74 Å². The molecule has 10 heavy (non-hydrogen) atoms. The summed E-state index contributed by atoms with van der Waals surface area (Å²) in [4.78, 5) is 9.76. The molecule has 0 saturated heterocycles. The molecular formula is C6H12O4. The maximum atomic E-state index is 9.76. The number of rotatable bonds is 4. The molecule has 4 heteroatoms. The zero-order valence-corrected chi connectivity index (χ0v) is 5.91. The van der Waals surface area contributed by atoms with Crippen molar-refractivity contribution in [3.63, 3.8) is 0 Å². The Morgan fingerprint density at radius 2 is 2.30 bits per heavy atom. The Balaban J connectivity index is 2.98. The maximum Gasteiger partial charge on any atom is 0.505 e. The van der Waals surface area contributed by atoms with Crippen LogP contribution in [0.2, 0.25) is 0 Å². The summed E-state index contributed by atoms with van der Waals surface area (Å²) in [6, 6.07) is 0. The van der Waals surface area contributed by atoms with Crippen molar-refractivity contribution < 1.29 is 19.7 Å². The quantitative estimate of drug-likeness (QED) is 0.458. The lowest BCUT2D eigenvalue weighted by atomic mass is 10.2. The van der Waals surface area contributed by atoms with Crippen molar-refractivity contribution >= 4 is 6.16 Å². The summed E-state index contributed by atoms with van der Waals surface area (Å²) in [5.74, 6) is 0. The molecule has 0 aliphatic rings. The number of ether oxygens (including phenoxy) is 1. The van der Waals surface area contributed by atoms with Crippen molar-refractivity contribution in [2.75, 3.05) is 6.61 Å². The molecule has 0 bridgehead atoms. The van der Waals surface area contributed by atoms with Crippen molar-refractivity contribution in [1.82, 2.24) is 0 Å². The van der Waals surface area contributed by atoms with E-state index in [1.54, 1.807) is 6.92 Å². The number of carboxylic acid groups (broad SMARTS) is 1. The van der Waals surface area contributed by atoms with Crippen molar-refractivity contribution in [2.45, 2.75) is 25.9 Å². The van der Waals surface area contributed by atoms with Crippen LogP contribution < -0.4 is 0 Å². The lowest BCUT2D eigenvalue weighted by molar-refractivity contribution is 0.0845. The Kier molecular flexibility index (Phi) is 4.66. The minimum Gasteiger partial charge on any atom is -0.450 e. The van der Waals surface area contributed by atoms with Gasteiger partial charge in [-0.3, -0.25) is 0 Å². The van der Waals surface area contributed by atoms with Gasteiger partial charge in [-0.05, 0) is 19.8 Å². The van der Waals surface area contributed by atoms with Crippen molar-refractivity contribution in [2.24, 2.45) is 0 Å². The second kappa shape index (κ2) is 5.05. The standard InChI is InChI=1S/C6H12O4/c1-5(7)3-2-4-10-6(8)9/h5,7H,2-4H2,1H3,(H,8,9). The van der Waals surface area contributed by atoms with Gasteiger partial charge in [0.15, 0.2) is 0 Å². The summed E-state index contributed by atoms with van der Waals surface area (Å²) in [6.45, 7) is 1.82. The van der Waals surface area contributed by atoms with Gasteiger partial charge in [0.25, 0.3) is 0 Å². The molecule has 0 aromatic carbocycles. The van der Waals surface area contributed by atoms with E-state index < -0.39 is 6.16 Å². The van der Waals surface area contributed by atoms with Gasteiger partial charge in [-0.25, -0.2) is 4.79 Å². The van der Waals surface area contributed by atoms with Crippen LogP contribution in [0.4, 0.5) is 4.79 Å². The van der Waals surface area contributed by atoms with E-state index in [1.165, 1.54) is 0 Å². The topological polar surface area (TPSA) is 66.8 Å². The van der Waals surface area contributed by atoms with Gasteiger partial charge in [-0.2, -0.15) is 0 Å². The molecule has 0 rings (SSSR count). The van der Waals surface area contributed by atoms with E-state index in [0.29, 0.717) is 12.8 Å². The second-order valence-electron chi connectivity index (χ2n) is 2.11. The summed E-state index contributed by atoms with van der Waals surface area (Å²) in [5, 5.41) is 16.7. The van der Waals surface area contributed by atoms with Gasteiger partial charge in [0.2, 0.25) is 0 Å². The van der Waals surface area contributed by atoms with Crippen LogP contribution in [0.3, 0.4) is 0 Å². The molecule has 0 aliphatic carbocycles. The van der Waals surface area contributed by atoms with E-state index in [2.05, 4.69) is 4.74 Å². The number of hydrogen-bond acceptors (Lipinski definition) is 3. The average Bonchev–Trinajstić information content (AvgIpc) is 1.79. The molecule has 0 aromatic heterocycles. The minimum atomic E-state index is -1.26. The molecule has 4 nitrogen and oxygen atoms in total. The first-order valence-electron chi connectivity index (χ1n) is 3.16. The van der Waals surface area contributed by atoms with Gasteiger partial charge in [0.05, 0.1) is 12.7 Å². The fourth-order valence-electron chi connectivity index (χ4n) is 0.538. The number of aliphatic hydroxyl groups is 1. The van der Waals surface area contributed by atoms with Gasteiger partial charge >= 0.3 is 6.16 Å². The Hall–Kier alpha value is -0.770. The number of aliphatic hydroxyl groups excluding tert-OH is 1. The third kappa shape index (κ3) is 7.23. The van der Waals surface area contributed by atoms with E-state index in [4.69, 9.17) is 10.2 Å². The van der Waals surface area contributed by atoms with Crippen LogP contribution in [0.15, 0.2) is 0 Å². The van der Waals surface area contributed by atoms with Crippen molar-refractivity contribution in [3.05, 3.63) is 0 Å². The van der Waals surface area contributed by atoms with Crippen LogP contribution in [0.1, 0.15) is 19.8 Å². The molecule has 0 saturated carbocycles. The summed E-state index contributed by atoms with van der Waals surface area (Å²) >= 11 is 0. The first-order chi connectivity index (χ1) is 4.63. The highest BCUT2D eigenvalue weighted by Gasteiger charge is 1.97. The highest BCUT2D eigenvalue weighted by Crippen LogP contribution is 1.95. The molecule has 1 atom stereocenters. The van der Waals surface area contributed by atoms with Crippen LogP contribution in [0, 0.1) is 0 Å². The molecule has 0 radical (unpaired) electrons. The highest BCUT2D eigenvalue weighted by molar-refractivity contribution is 5.56. The van der Waals surface area contributed by atoms with E-state index in [9.17, 15) is 4.79 Å². The predicted molar refractivity (Wildman–Crippen MR) is 34.9 cm³/mol. The Morgan fingerprint density at radius 1 is 1.70 bits per heavy atom. The third-order valence-electron chi connectivity index (χ3n) is 0.992. The highest BCUT2D eigenvalue weighted by atomic mass is 16.7. The van der Waals surface area contributed by atoms with Gasteiger partial charge in [-0.1, -0.05) is 0 Å². The monoisotopic (exact) mass is 148 g/mol. The normalized spacial score (nSPS) is 12.6. The molecule has 0 spiro atoms. The van der Waals surface area contributed by atoms with Crippen molar-refractivity contribution in [3.8, 4) is 0 Å². The number of hydrogen-bond donors (Lipinski definition) is 2.